The molecular weight excluding hydrogens is 210 g/mol. The van der Waals surface area contributed by atoms with Gasteiger partial charge in [-0.25, -0.2) is 0 Å². The topological polar surface area (TPSA) is 21.3 Å². The first-order valence-electron chi connectivity index (χ1n) is 6.11. The summed E-state index contributed by atoms with van der Waals surface area (Å²) in [4.78, 5) is 0. The van der Waals surface area contributed by atoms with Crippen molar-refractivity contribution in [2.75, 3.05) is 6.61 Å². The van der Waals surface area contributed by atoms with Gasteiger partial charge in [0.25, 0.3) is 0 Å². The highest BCUT2D eigenvalue weighted by molar-refractivity contribution is 5.43. The average Bonchev–Trinajstić information content (AvgIpc) is 2.25. The zero-order valence-corrected chi connectivity index (χ0v) is 11.3. The van der Waals surface area contributed by atoms with E-state index in [1.54, 1.807) is 6.08 Å². The summed E-state index contributed by atoms with van der Waals surface area (Å²) < 4.78 is 5.66. The molecule has 0 saturated heterocycles. The van der Waals surface area contributed by atoms with Crippen LogP contribution in [0.25, 0.3) is 0 Å². The van der Waals surface area contributed by atoms with Crippen molar-refractivity contribution in [1.82, 2.24) is 5.32 Å². The molecule has 0 spiro atoms. The molecule has 1 aromatic rings. The summed E-state index contributed by atoms with van der Waals surface area (Å²) in [5.74, 6) is 0.984. The van der Waals surface area contributed by atoms with E-state index in [1.165, 1.54) is 16.7 Å². The van der Waals surface area contributed by atoms with Crippen LogP contribution in [-0.2, 0) is 6.54 Å². The zero-order valence-electron chi connectivity index (χ0n) is 11.3. The summed E-state index contributed by atoms with van der Waals surface area (Å²) in [7, 11) is 0. The number of nitrogens with one attached hydrogen (secondary N) is 1. The second kappa shape index (κ2) is 6.45. The molecule has 0 heterocycles. The van der Waals surface area contributed by atoms with Crippen LogP contribution < -0.4 is 10.1 Å². The Labute approximate surface area is 105 Å². The smallest absolute Gasteiger partial charge is 0.125 e. The number of aryl methyl sites for hydroxylation is 2. The van der Waals surface area contributed by atoms with E-state index in [9.17, 15) is 0 Å². The minimum absolute atomic E-state index is 0.507. The molecule has 94 valence electrons. The van der Waals surface area contributed by atoms with Crippen LogP contribution in [0.2, 0.25) is 0 Å². The van der Waals surface area contributed by atoms with Crippen molar-refractivity contribution in [2.24, 2.45) is 0 Å². The van der Waals surface area contributed by atoms with Crippen LogP contribution in [0.5, 0.6) is 5.75 Å². The lowest BCUT2D eigenvalue weighted by Gasteiger charge is -2.14. The van der Waals surface area contributed by atoms with Crippen LogP contribution in [0.1, 0.15) is 30.5 Å². The van der Waals surface area contributed by atoms with E-state index in [2.05, 4.69) is 51.7 Å². The molecule has 0 amide bonds. The molecule has 1 aromatic carbocycles. The van der Waals surface area contributed by atoms with Crippen molar-refractivity contribution < 1.29 is 4.74 Å². The van der Waals surface area contributed by atoms with E-state index < -0.39 is 0 Å². The molecule has 0 bridgehead atoms. The fourth-order valence-corrected chi connectivity index (χ4v) is 1.83. The summed E-state index contributed by atoms with van der Waals surface area (Å²) in [6.07, 6.45) is 1.77. The van der Waals surface area contributed by atoms with E-state index in [0.29, 0.717) is 12.6 Å². The normalized spacial score (nSPS) is 10.6. The summed E-state index contributed by atoms with van der Waals surface area (Å²) in [6, 6.07) is 4.87. The predicted molar refractivity (Wildman–Crippen MR) is 73.6 cm³/mol. The average molecular weight is 233 g/mol. The van der Waals surface area contributed by atoms with Crippen molar-refractivity contribution in [3.8, 4) is 5.75 Å². The first-order chi connectivity index (χ1) is 8.04. The molecular formula is C15H23NO. The van der Waals surface area contributed by atoms with Gasteiger partial charge >= 0.3 is 0 Å². The number of hydrogen-bond donors (Lipinski definition) is 1. The second-order valence-electron chi connectivity index (χ2n) is 4.69. The van der Waals surface area contributed by atoms with Gasteiger partial charge in [0, 0.05) is 12.6 Å². The van der Waals surface area contributed by atoms with E-state index in [4.69, 9.17) is 4.74 Å². The quantitative estimate of drug-likeness (QED) is 0.761. The van der Waals surface area contributed by atoms with Crippen LogP contribution >= 0.6 is 0 Å². The van der Waals surface area contributed by atoms with E-state index in [0.717, 1.165) is 12.3 Å². The molecule has 0 aliphatic rings. The lowest BCUT2D eigenvalue weighted by atomic mass is 10.1. The number of ether oxygens (including phenoxy) is 1. The van der Waals surface area contributed by atoms with Crippen LogP contribution in [0.15, 0.2) is 24.8 Å². The van der Waals surface area contributed by atoms with Gasteiger partial charge in [-0.1, -0.05) is 38.6 Å². The molecule has 0 radical (unpaired) electrons. The van der Waals surface area contributed by atoms with Crippen LogP contribution in [0, 0.1) is 13.8 Å². The molecule has 0 unspecified atom stereocenters. The standard InChI is InChI=1S/C15H23NO/c1-6-7-17-15-12(4)8-14(9-13(15)5)10-16-11(2)3/h6,8-9,11,16H,1,7,10H2,2-5H3. The van der Waals surface area contributed by atoms with Gasteiger partial charge in [-0.05, 0) is 30.5 Å². The van der Waals surface area contributed by atoms with E-state index >= 15 is 0 Å². The predicted octanol–water partition coefficient (Wildman–Crippen LogP) is 3.37. The maximum absolute atomic E-state index is 5.66. The Bertz CT molecular complexity index is 360. The third-order valence-corrected chi connectivity index (χ3v) is 2.58. The van der Waals surface area contributed by atoms with E-state index in [1.807, 2.05) is 0 Å². The van der Waals surface area contributed by atoms with E-state index in [-0.39, 0.29) is 0 Å². The molecule has 0 fully saturated rings. The van der Waals surface area contributed by atoms with Gasteiger partial charge < -0.3 is 10.1 Å². The first-order valence-corrected chi connectivity index (χ1v) is 6.11. The first kappa shape index (κ1) is 13.8. The molecule has 0 aliphatic carbocycles. The molecule has 0 saturated carbocycles. The summed E-state index contributed by atoms with van der Waals surface area (Å²) in [5.41, 5.74) is 3.68. The second-order valence-corrected chi connectivity index (χ2v) is 4.69. The Morgan fingerprint density at radius 2 is 1.88 bits per heavy atom. The highest BCUT2D eigenvalue weighted by Crippen LogP contribution is 2.24. The molecule has 2 nitrogen and oxygen atoms in total. The molecule has 1 rings (SSSR count). The van der Waals surface area contributed by atoms with Gasteiger partial charge in [-0.15, -0.1) is 0 Å². The van der Waals surface area contributed by atoms with Crippen LogP contribution in [0.4, 0.5) is 0 Å². The van der Waals surface area contributed by atoms with Crippen LogP contribution in [0.3, 0.4) is 0 Å². The fraction of sp³-hybridized carbons (Fsp3) is 0.467. The van der Waals surface area contributed by atoms with Gasteiger partial charge in [0.1, 0.15) is 12.4 Å². The summed E-state index contributed by atoms with van der Waals surface area (Å²) in [5, 5.41) is 3.42. The van der Waals surface area contributed by atoms with Gasteiger partial charge in [0.05, 0.1) is 0 Å². The fourth-order valence-electron chi connectivity index (χ4n) is 1.83. The molecule has 0 aliphatic heterocycles. The Hall–Kier alpha value is -1.28. The van der Waals surface area contributed by atoms with Crippen molar-refractivity contribution in [2.45, 2.75) is 40.3 Å². The van der Waals surface area contributed by atoms with Crippen LogP contribution in [-0.4, -0.2) is 12.6 Å². The van der Waals surface area contributed by atoms with Crippen molar-refractivity contribution in [1.29, 1.82) is 0 Å². The number of hydrogen-bond acceptors (Lipinski definition) is 2. The third-order valence-electron chi connectivity index (χ3n) is 2.58. The third kappa shape index (κ3) is 4.23. The van der Waals surface area contributed by atoms with Crippen molar-refractivity contribution >= 4 is 0 Å². The Kier molecular flexibility index (Phi) is 5.23. The summed E-state index contributed by atoms with van der Waals surface area (Å²) in [6.45, 7) is 13.6. The molecule has 2 heteroatoms. The number of benzene rings is 1. The lowest BCUT2D eigenvalue weighted by Crippen LogP contribution is -2.21. The molecule has 0 aromatic heterocycles. The lowest BCUT2D eigenvalue weighted by molar-refractivity contribution is 0.358. The Morgan fingerprint density at radius 1 is 1.29 bits per heavy atom. The maximum Gasteiger partial charge on any atom is 0.125 e. The SMILES string of the molecule is C=CCOc1c(C)cc(CNC(C)C)cc1C. The van der Waals surface area contributed by atoms with Gasteiger partial charge in [0.2, 0.25) is 0 Å². The number of rotatable bonds is 6. The van der Waals surface area contributed by atoms with Gasteiger partial charge in [-0.3, -0.25) is 0 Å². The van der Waals surface area contributed by atoms with Gasteiger partial charge in [0.15, 0.2) is 0 Å². The van der Waals surface area contributed by atoms with Crippen molar-refractivity contribution in [3.05, 3.63) is 41.5 Å². The minimum atomic E-state index is 0.507. The Morgan fingerprint density at radius 3 is 2.35 bits per heavy atom. The molecule has 17 heavy (non-hydrogen) atoms. The highest BCUT2D eigenvalue weighted by atomic mass is 16.5. The van der Waals surface area contributed by atoms with Crippen molar-refractivity contribution in [3.63, 3.8) is 0 Å². The van der Waals surface area contributed by atoms with Gasteiger partial charge in [-0.2, -0.15) is 0 Å². The maximum atomic E-state index is 5.66. The Balaban J connectivity index is 2.81. The highest BCUT2D eigenvalue weighted by Gasteiger charge is 2.06. The monoisotopic (exact) mass is 233 g/mol. The largest absolute Gasteiger partial charge is 0.489 e. The zero-order chi connectivity index (χ0) is 12.8. The summed E-state index contributed by atoms with van der Waals surface area (Å²) >= 11 is 0. The molecule has 1 N–H and O–H groups in total. The molecule has 0 atom stereocenters. The minimum Gasteiger partial charge on any atom is -0.489 e.